The Balaban J connectivity index is 2.23. The van der Waals surface area contributed by atoms with E-state index in [-0.39, 0.29) is 23.3 Å². The number of methoxy groups -OCH3 is 2. The lowest BCUT2D eigenvalue weighted by Crippen LogP contribution is -2.31. The molecule has 0 aliphatic rings. The third kappa shape index (κ3) is 4.69. The molecule has 2 aromatic rings. The van der Waals surface area contributed by atoms with Crippen molar-refractivity contribution >= 4 is 17.5 Å². The Kier molecular flexibility index (Phi) is 5.94. The second-order valence-corrected chi connectivity index (χ2v) is 5.56. The minimum atomic E-state index is -0.453. The maximum atomic E-state index is 12.5. The first kappa shape index (κ1) is 18.3. The summed E-state index contributed by atoms with van der Waals surface area (Å²) in [7, 11) is 3.04. The van der Waals surface area contributed by atoms with Crippen LogP contribution in [0.4, 0.5) is 5.69 Å². The van der Waals surface area contributed by atoms with E-state index in [0.29, 0.717) is 17.2 Å². The summed E-state index contributed by atoms with van der Waals surface area (Å²) in [5.74, 6) is 0.284. The van der Waals surface area contributed by atoms with Gasteiger partial charge in [-0.1, -0.05) is 6.07 Å². The molecule has 0 aliphatic heterocycles. The van der Waals surface area contributed by atoms with Gasteiger partial charge in [-0.15, -0.1) is 0 Å². The number of carbonyl (C=O) groups is 2. The van der Waals surface area contributed by atoms with Crippen LogP contribution in [0.1, 0.15) is 34.8 Å². The highest BCUT2D eigenvalue weighted by molar-refractivity contribution is 6.04. The first-order chi connectivity index (χ1) is 11.9. The highest BCUT2D eigenvalue weighted by Crippen LogP contribution is 2.29. The third-order valence-electron chi connectivity index (χ3n) is 3.29. The van der Waals surface area contributed by atoms with E-state index < -0.39 is 5.91 Å². The van der Waals surface area contributed by atoms with Gasteiger partial charge >= 0.3 is 0 Å². The van der Waals surface area contributed by atoms with Crippen LogP contribution in [0.25, 0.3) is 0 Å². The molecule has 2 rings (SSSR count). The lowest BCUT2D eigenvalue weighted by Gasteiger charge is -2.12. The molecule has 2 N–H and O–H groups in total. The summed E-state index contributed by atoms with van der Waals surface area (Å²) in [6.07, 6.45) is 0. The number of aromatic nitrogens is 1. The number of rotatable bonds is 6. The highest BCUT2D eigenvalue weighted by atomic mass is 16.5. The van der Waals surface area contributed by atoms with Crippen molar-refractivity contribution in [3.8, 4) is 11.5 Å². The lowest BCUT2D eigenvalue weighted by molar-refractivity contribution is 0.0938. The molecule has 0 unspecified atom stereocenters. The summed E-state index contributed by atoms with van der Waals surface area (Å²) in [5, 5.41) is 5.46. The van der Waals surface area contributed by atoms with Gasteiger partial charge in [0.1, 0.15) is 22.9 Å². The molecule has 0 saturated carbocycles. The molecule has 1 aromatic heterocycles. The van der Waals surface area contributed by atoms with Crippen molar-refractivity contribution in [3.05, 3.63) is 47.8 Å². The molecule has 0 saturated heterocycles. The molecule has 7 heteroatoms. The zero-order valence-electron chi connectivity index (χ0n) is 14.6. The van der Waals surface area contributed by atoms with E-state index in [1.807, 2.05) is 13.8 Å². The largest absolute Gasteiger partial charge is 0.497 e. The van der Waals surface area contributed by atoms with E-state index in [9.17, 15) is 9.59 Å². The van der Waals surface area contributed by atoms with Crippen molar-refractivity contribution in [2.75, 3.05) is 19.5 Å². The molecule has 0 spiro atoms. The molecule has 0 fully saturated rings. The van der Waals surface area contributed by atoms with Gasteiger partial charge in [0.2, 0.25) is 0 Å². The molecule has 1 heterocycles. The Morgan fingerprint density at radius 2 is 1.68 bits per heavy atom. The Labute approximate surface area is 146 Å². The summed E-state index contributed by atoms with van der Waals surface area (Å²) in [6.45, 7) is 3.70. The number of pyridine rings is 1. The second kappa shape index (κ2) is 8.14. The summed E-state index contributed by atoms with van der Waals surface area (Å²) >= 11 is 0. The predicted octanol–water partition coefficient (Wildman–Crippen LogP) is 2.49. The predicted molar refractivity (Wildman–Crippen MR) is 94.3 cm³/mol. The maximum Gasteiger partial charge on any atom is 0.274 e. The van der Waals surface area contributed by atoms with Gasteiger partial charge in [0.15, 0.2) is 0 Å². The number of nitrogens with one attached hydrogen (secondary N) is 2. The summed E-state index contributed by atoms with van der Waals surface area (Å²) in [6, 6.07) is 9.74. The average molecular weight is 343 g/mol. The van der Waals surface area contributed by atoms with E-state index in [0.717, 1.165) is 0 Å². The molecule has 7 nitrogen and oxygen atoms in total. The van der Waals surface area contributed by atoms with Gasteiger partial charge in [0, 0.05) is 12.1 Å². The highest BCUT2D eigenvalue weighted by Gasteiger charge is 2.15. The van der Waals surface area contributed by atoms with Gasteiger partial charge in [-0.25, -0.2) is 4.98 Å². The van der Waals surface area contributed by atoms with E-state index in [1.54, 1.807) is 30.3 Å². The Morgan fingerprint density at radius 3 is 2.28 bits per heavy atom. The number of benzene rings is 1. The maximum absolute atomic E-state index is 12.5. The number of hydrogen-bond donors (Lipinski definition) is 2. The number of nitrogens with zero attached hydrogens (tertiary/aromatic N) is 1. The van der Waals surface area contributed by atoms with Crippen molar-refractivity contribution in [2.45, 2.75) is 19.9 Å². The number of hydrogen-bond acceptors (Lipinski definition) is 5. The van der Waals surface area contributed by atoms with Crippen LogP contribution in [-0.2, 0) is 0 Å². The molecule has 0 bridgehead atoms. The monoisotopic (exact) mass is 343 g/mol. The first-order valence-corrected chi connectivity index (χ1v) is 7.76. The number of ether oxygens (including phenoxy) is 2. The molecule has 0 atom stereocenters. The zero-order valence-corrected chi connectivity index (χ0v) is 14.6. The molecule has 1 aromatic carbocycles. The van der Waals surface area contributed by atoms with E-state index in [4.69, 9.17) is 9.47 Å². The first-order valence-electron chi connectivity index (χ1n) is 7.76. The average Bonchev–Trinajstić information content (AvgIpc) is 2.61. The van der Waals surface area contributed by atoms with Crippen LogP contribution < -0.4 is 20.1 Å². The SMILES string of the molecule is COc1ccc(OC)c(NC(=O)c2cccc(C(=O)NC(C)C)n2)c1. The van der Waals surface area contributed by atoms with E-state index in [1.165, 1.54) is 20.3 Å². The normalized spacial score (nSPS) is 10.3. The van der Waals surface area contributed by atoms with Crippen LogP contribution in [0.3, 0.4) is 0 Å². The number of carbonyl (C=O) groups excluding carboxylic acids is 2. The fraction of sp³-hybridized carbons (Fsp3) is 0.278. The fourth-order valence-corrected chi connectivity index (χ4v) is 2.12. The third-order valence-corrected chi connectivity index (χ3v) is 3.29. The zero-order chi connectivity index (χ0) is 18.4. The number of anilines is 1. The van der Waals surface area contributed by atoms with Gasteiger partial charge < -0.3 is 20.1 Å². The molecule has 25 heavy (non-hydrogen) atoms. The van der Waals surface area contributed by atoms with Crippen molar-refractivity contribution < 1.29 is 19.1 Å². The second-order valence-electron chi connectivity index (χ2n) is 5.56. The van der Waals surface area contributed by atoms with Crippen molar-refractivity contribution in [3.63, 3.8) is 0 Å². The Hall–Kier alpha value is -3.09. The van der Waals surface area contributed by atoms with Crippen LogP contribution in [0, 0.1) is 0 Å². The van der Waals surface area contributed by atoms with Gasteiger partial charge in [0.25, 0.3) is 11.8 Å². The summed E-state index contributed by atoms with van der Waals surface area (Å²) in [5.41, 5.74) is 0.755. The Bertz CT molecular complexity index is 775. The van der Waals surface area contributed by atoms with Crippen molar-refractivity contribution in [1.82, 2.24) is 10.3 Å². The summed E-state index contributed by atoms with van der Waals surface area (Å²) < 4.78 is 10.4. The minimum Gasteiger partial charge on any atom is -0.497 e. The Morgan fingerprint density at radius 1 is 1.00 bits per heavy atom. The molecular formula is C18H21N3O4. The van der Waals surface area contributed by atoms with Crippen molar-refractivity contribution in [1.29, 1.82) is 0 Å². The van der Waals surface area contributed by atoms with E-state index >= 15 is 0 Å². The minimum absolute atomic E-state index is 0.0205. The topological polar surface area (TPSA) is 89.5 Å². The lowest BCUT2D eigenvalue weighted by atomic mass is 10.2. The summed E-state index contributed by atoms with van der Waals surface area (Å²) in [4.78, 5) is 28.6. The van der Waals surface area contributed by atoms with E-state index in [2.05, 4.69) is 15.6 Å². The van der Waals surface area contributed by atoms with Gasteiger partial charge in [-0.3, -0.25) is 9.59 Å². The molecular weight excluding hydrogens is 322 g/mol. The van der Waals surface area contributed by atoms with Gasteiger partial charge in [-0.2, -0.15) is 0 Å². The standard InChI is InChI=1S/C18H21N3O4/c1-11(2)19-17(22)13-6-5-7-14(20-13)18(23)21-15-10-12(24-3)8-9-16(15)25-4/h5-11H,1-4H3,(H,19,22)(H,21,23). The van der Waals surface area contributed by atoms with Crippen LogP contribution in [-0.4, -0.2) is 37.1 Å². The number of amides is 2. The fourth-order valence-electron chi connectivity index (χ4n) is 2.12. The van der Waals surface area contributed by atoms with Gasteiger partial charge in [0.05, 0.1) is 19.9 Å². The van der Waals surface area contributed by atoms with Crippen LogP contribution >= 0.6 is 0 Å². The van der Waals surface area contributed by atoms with Crippen LogP contribution in [0.2, 0.25) is 0 Å². The van der Waals surface area contributed by atoms with Crippen molar-refractivity contribution in [2.24, 2.45) is 0 Å². The van der Waals surface area contributed by atoms with Crippen LogP contribution in [0.5, 0.6) is 11.5 Å². The molecule has 2 amide bonds. The molecule has 0 radical (unpaired) electrons. The van der Waals surface area contributed by atoms with Crippen LogP contribution in [0.15, 0.2) is 36.4 Å². The molecule has 132 valence electrons. The molecule has 0 aliphatic carbocycles. The smallest absolute Gasteiger partial charge is 0.274 e. The quantitative estimate of drug-likeness (QED) is 0.841. The van der Waals surface area contributed by atoms with Gasteiger partial charge in [-0.05, 0) is 38.1 Å².